The van der Waals surface area contributed by atoms with Gasteiger partial charge in [-0.15, -0.1) is 11.6 Å². The minimum atomic E-state index is 0.158. The van der Waals surface area contributed by atoms with Crippen molar-refractivity contribution < 1.29 is 14.2 Å². The number of rotatable bonds is 12. The van der Waals surface area contributed by atoms with Crippen molar-refractivity contribution in [3.8, 4) is 0 Å². The second-order valence-electron chi connectivity index (χ2n) is 3.63. The molecular weight excluding hydrogens is 228 g/mol. The zero-order valence-electron chi connectivity index (χ0n) is 10.5. The summed E-state index contributed by atoms with van der Waals surface area (Å²) in [6.07, 6.45) is 3.40. The van der Waals surface area contributed by atoms with Gasteiger partial charge in [0.2, 0.25) is 0 Å². The van der Waals surface area contributed by atoms with E-state index in [1.54, 1.807) is 0 Å². The molecular formula is C12H25ClO3. The number of hydrogen-bond acceptors (Lipinski definition) is 3. The number of ether oxygens (including phenoxy) is 3. The Bertz CT molecular complexity index is 129. The number of unbranched alkanes of at least 4 members (excludes halogenated alkanes) is 1. The molecule has 98 valence electrons. The van der Waals surface area contributed by atoms with Crippen LogP contribution >= 0.6 is 11.6 Å². The fraction of sp³-hybridized carbons (Fsp3) is 1.00. The van der Waals surface area contributed by atoms with Gasteiger partial charge in [-0.05, 0) is 12.8 Å². The van der Waals surface area contributed by atoms with Crippen LogP contribution in [0, 0.1) is 0 Å². The Kier molecular flexibility index (Phi) is 13.4. The molecule has 0 aliphatic rings. The summed E-state index contributed by atoms with van der Waals surface area (Å²) in [5, 5.41) is 0. The molecule has 4 heteroatoms. The zero-order valence-corrected chi connectivity index (χ0v) is 11.3. The predicted octanol–water partition coefficient (Wildman–Crippen LogP) is 2.85. The molecule has 0 amide bonds. The maximum Gasteiger partial charge on any atom is 0.0708 e. The van der Waals surface area contributed by atoms with E-state index < -0.39 is 0 Å². The molecule has 0 radical (unpaired) electrons. The Morgan fingerprint density at radius 2 is 1.56 bits per heavy atom. The van der Waals surface area contributed by atoms with Crippen LogP contribution in [-0.4, -0.2) is 45.0 Å². The quantitative estimate of drug-likeness (QED) is 0.395. The van der Waals surface area contributed by atoms with E-state index in [0.717, 1.165) is 19.4 Å². The lowest BCUT2D eigenvalue weighted by molar-refractivity contribution is -0.00619. The molecule has 3 nitrogen and oxygen atoms in total. The van der Waals surface area contributed by atoms with Crippen LogP contribution in [0.25, 0.3) is 0 Å². The fourth-order valence-electron chi connectivity index (χ4n) is 1.11. The third-order valence-electron chi connectivity index (χ3n) is 2.22. The van der Waals surface area contributed by atoms with Crippen LogP contribution in [0.4, 0.5) is 0 Å². The van der Waals surface area contributed by atoms with Gasteiger partial charge in [0.25, 0.3) is 0 Å². The highest BCUT2D eigenvalue weighted by Gasteiger charge is 2.03. The van der Waals surface area contributed by atoms with Gasteiger partial charge in [0.05, 0.1) is 32.5 Å². The Balaban J connectivity index is 3.03. The Morgan fingerprint density at radius 1 is 0.938 bits per heavy atom. The summed E-state index contributed by atoms with van der Waals surface area (Å²) in [6, 6.07) is 0. The van der Waals surface area contributed by atoms with Gasteiger partial charge in [-0.2, -0.15) is 0 Å². The molecule has 0 rings (SSSR count). The lowest BCUT2D eigenvalue weighted by atomic mass is 10.3. The van der Waals surface area contributed by atoms with Gasteiger partial charge in [0.1, 0.15) is 0 Å². The first-order valence-electron chi connectivity index (χ1n) is 6.18. The van der Waals surface area contributed by atoms with Gasteiger partial charge in [0.15, 0.2) is 0 Å². The average Bonchev–Trinajstić information content (AvgIpc) is 2.32. The van der Waals surface area contributed by atoms with Crippen molar-refractivity contribution >= 4 is 11.6 Å². The smallest absolute Gasteiger partial charge is 0.0708 e. The summed E-state index contributed by atoms with van der Waals surface area (Å²) in [5.41, 5.74) is 0. The van der Waals surface area contributed by atoms with E-state index in [1.807, 2.05) is 0 Å². The van der Waals surface area contributed by atoms with Crippen LogP contribution in [0.2, 0.25) is 0 Å². The summed E-state index contributed by atoms with van der Waals surface area (Å²) in [7, 11) is 0. The Labute approximate surface area is 104 Å². The number of halogens is 1. The lowest BCUT2D eigenvalue weighted by Gasteiger charge is -2.12. The third-order valence-corrected chi connectivity index (χ3v) is 2.57. The minimum absolute atomic E-state index is 0.158. The molecule has 0 spiro atoms. The molecule has 0 bridgehead atoms. The maximum atomic E-state index is 5.69. The summed E-state index contributed by atoms with van der Waals surface area (Å²) >= 11 is 5.69. The van der Waals surface area contributed by atoms with Crippen molar-refractivity contribution in [3.63, 3.8) is 0 Å². The van der Waals surface area contributed by atoms with Gasteiger partial charge < -0.3 is 14.2 Å². The van der Waals surface area contributed by atoms with Crippen LogP contribution in [0.3, 0.4) is 0 Å². The van der Waals surface area contributed by atoms with Crippen LogP contribution < -0.4 is 0 Å². The summed E-state index contributed by atoms with van der Waals surface area (Å²) in [5.74, 6) is 0.552. The zero-order chi connectivity index (χ0) is 12.1. The minimum Gasteiger partial charge on any atom is -0.379 e. The van der Waals surface area contributed by atoms with Crippen molar-refractivity contribution in [2.45, 2.75) is 39.2 Å². The highest BCUT2D eigenvalue weighted by Crippen LogP contribution is 1.99. The Morgan fingerprint density at radius 3 is 2.12 bits per heavy atom. The highest BCUT2D eigenvalue weighted by molar-refractivity contribution is 6.18. The van der Waals surface area contributed by atoms with Gasteiger partial charge in [-0.25, -0.2) is 0 Å². The fourth-order valence-corrected chi connectivity index (χ4v) is 1.42. The average molecular weight is 253 g/mol. The van der Waals surface area contributed by atoms with Crippen LogP contribution in [0.5, 0.6) is 0 Å². The molecule has 16 heavy (non-hydrogen) atoms. The summed E-state index contributed by atoms with van der Waals surface area (Å²) in [4.78, 5) is 0. The van der Waals surface area contributed by atoms with Crippen LogP contribution in [0.1, 0.15) is 33.1 Å². The Hall–Kier alpha value is 0.170. The van der Waals surface area contributed by atoms with E-state index in [1.165, 1.54) is 6.42 Å². The van der Waals surface area contributed by atoms with Crippen LogP contribution in [0.15, 0.2) is 0 Å². The van der Waals surface area contributed by atoms with Gasteiger partial charge in [-0.3, -0.25) is 0 Å². The first kappa shape index (κ1) is 16.2. The van der Waals surface area contributed by atoms with Gasteiger partial charge in [0, 0.05) is 12.5 Å². The van der Waals surface area contributed by atoms with E-state index in [2.05, 4.69) is 13.8 Å². The van der Waals surface area contributed by atoms with Gasteiger partial charge >= 0.3 is 0 Å². The number of alkyl halides is 1. The van der Waals surface area contributed by atoms with E-state index in [9.17, 15) is 0 Å². The van der Waals surface area contributed by atoms with Gasteiger partial charge in [-0.1, -0.05) is 20.3 Å². The largest absolute Gasteiger partial charge is 0.379 e. The molecule has 1 unspecified atom stereocenters. The maximum absolute atomic E-state index is 5.69. The van der Waals surface area contributed by atoms with E-state index in [-0.39, 0.29) is 6.10 Å². The van der Waals surface area contributed by atoms with E-state index >= 15 is 0 Å². The standard InChI is InChI=1S/C12H25ClO3/c1-3-5-6-14-7-8-15-9-10-16-12(4-2)11-13/h12H,3-11H2,1-2H3. The van der Waals surface area contributed by atoms with Crippen molar-refractivity contribution in [2.24, 2.45) is 0 Å². The molecule has 0 N–H and O–H groups in total. The third kappa shape index (κ3) is 10.7. The van der Waals surface area contributed by atoms with E-state index in [4.69, 9.17) is 25.8 Å². The molecule has 0 saturated heterocycles. The normalized spacial score (nSPS) is 12.9. The second kappa shape index (κ2) is 13.2. The predicted molar refractivity (Wildman–Crippen MR) is 67.3 cm³/mol. The summed E-state index contributed by atoms with van der Waals surface area (Å²) in [6.45, 7) is 7.59. The first-order valence-corrected chi connectivity index (χ1v) is 6.71. The molecule has 0 aromatic heterocycles. The summed E-state index contributed by atoms with van der Waals surface area (Å²) < 4.78 is 16.2. The molecule has 0 aromatic rings. The molecule has 0 saturated carbocycles. The monoisotopic (exact) mass is 252 g/mol. The topological polar surface area (TPSA) is 27.7 Å². The van der Waals surface area contributed by atoms with Crippen LogP contribution in [-0.2, 0) is 14.2 Å². The molecule has 0 fully saturated rings. The van der Waals surface area contributed by atoms with Crippen molar-refractivity contribution in [3.05, 3.63) is 0 Å². The molecule has 0 aromatic carbocycles. The molecule has 1 atom stereocenters. The highest BCUT2D eigenvalue weighted by atomic mass is 35.5. The molecule has 0 aliphatic heterocycles. The first-order chi connectivity index (χ1) is 7.85. The van der Waals surface area contributed by atoms with Crippen molar-refractivity contribution in [2.75, 3.05) is 38.9 Å². The van der Waals surface area contributed by atoms with E-state index in [0.29, 0.717) is 32.3 Å². The second-order valence-corrected chi connectivity index (χ2v) is 3.94. The number of hydrogen-bond donors (Lipinski definition) is 0. The SMILES string of the molecule is CCCCOCCOCCOC(CC)CCl. The van der Waals surface area contributed by atoms with Crippen molar-refractivity contribution in [1.82, 2.24) is 0 Å². The van der Waals surface area contributed by atoms with Crippen molar-refractivity contribution in [1.29, 1.82) is 0 Å². The lowest BCUT2D eigenvalue weighted by Crippen LogP contribution is -2.17. The molecule has 0 heterocycles. The molecule has 0 aliphatic carbocycles.